The standard InChI is InChI=1S/C21H16ClN3O3S2/c1-30(27,28)15-8-9-18-19(11-15)29-21(24-18)25(13-14-5-4-10-23-12-14)20(26)16-6-2-3-7-17(16)22/h2-12H,13H2,1H3. The second-order valence-corrected chi connectivity index (χ2v) is 10.1. The SMILES string of the molecule is CS(=O)(=O)c1ccc2nc(N(Cc3cccnc3)C(=O)c3ccccc3Cl)sc2c1. The predicted octanol–water partition coefficient (Wildman–Crippen LogP) is 4.60. The number of halogens is 1. The van der Waals surface area contributed by atoms with Crippen LogP contribution in [0.25, 0.3) is 10.2 Å². The van der Waals surface area contributed by atoms with Gasteiger partial charge in [-0.15, -0.1) is 0 Å². The Bertz CT molecular complexity index is 1340. The fourth-order valence-corrected chi connectivity index (χ4v) is 4.86. The zero-order valence-electron chi connectivity index (χ0n) is 15.8. The van der Waals surface area contributed by atoms with Gasteiger partial charge < -0.3 is 0 Å². The summed E-state index contributed by atoms with van der Waals surface area (Å²) in [6.07, 6.45) is 4.50. The van der Waals surface area contributed by atoms with Gasteiger partial charge in [0.25, 0.3) is 5.91 Å². The molecule has 152 valence electrons. The van der Waals surface area contributed by atoms with E-state index in [1.807, 2.05) is 6.07 Å². The van der Waals surface area contributed by atoms with Gasteiger partial charge in [0.2, 0.25) is 0 Å². The first kappa shape index (κ1) is 20.5. The number of rotatable bonds is 5. The van der Waals surface area contributed by atoms with Crippen LogP contribution in [0, 0.1) is 0 Å². The van der Waals surface area contributed by atoms with Crippen molar-refractivity contribution < 1.29 is 13.2 Å². The molecule has 0 saturated carbocycles. The van der Waals surface area contributed by atoms with Crippen LogP contribution in [0.15, 0.2) is 71.9 Å². The van der Waals surface area contributed by atoms with E-state index in [9.17, 15) is 13.2 Å². The third-order valence-corrected chi connectivity index (χ3v) is 6.90. The summed E-state index contributed by atoms with van der Waals surface area (Å²) in [4.78, 5) is 23.8. The highest BCUT2D eigenvalue weighted by Gasteiger charge is 2.24. The second-order valence-electron chi connectivity index (χ2n) is 6.63. The molecule has 1 amide bonds. The molecule has 0 spiro atoms. The topological polar surface area (TPSA) is 80.2 Å². The third kappa shape index (κ3) is 4.21. The molecule has 0 aliphatic heterocycles. The molecule has 2 aromatic carbocycles. The van der Waals surface area contributed by atoms with Crippen molar-refractivity contribution in [1.29, 1.82) is 0 Å². The molecule has 4 aromatic rings. The molecule has 0 radical (unpaired) electrons. The van der Waals surface area contributed by atoms with Crippen molar-refractivity contribution in [3.05, 3.63) is 83.1 Å². The molecule has 0 aliphatic carbocycles. The summed E-state index contributed by atoms with van der Waals surface area (Å²) in [5.41, 5.74) is 1.80. The number of fused-ring (bicyclic) bond motifs is 1. The number of benzene rings is 2. The normalized spacial score (nSPS) is 11.5. The van der Waals surface area contributed by atoms with Crippen LogP contribution in [0.1, 0.15) is 15.9 Å². The number of nitrogens with zero attached hydrogens (tertiary/aromatic N) is 3. The van der Waals surface area contributed by atoms with E-state index < -0.39 is 9.84 Å². The molecule has 9 heteroatoms. The molecule has 2 aromatic heterocycles. The van der Waals surface area contributed by atoms with E-state index in [2.05, 4.69) is 9.97 Å². The number of thiazole rings is 1. The summed E-state index contributed by atoms with van der Waals surface area (Å²) in [6.45, 7) is 0.247. The van der Waals surface area contributed by atoms with Gasteiger partial charge in [0.1, 0.15) is 0 Å². The summed E-state index contributed by atoms with van der Waals surface area (Å²) >= 11 is 7.51. The highest BCUT2D eigenvalue weighted by atomic mass is 35.5. The lowest BCUT2D eigenvalue weighted by molar-refractivity contribution is 0.0985. The number of hydrogen-bond acceptors (Lipinski definition) is 6. The predicted molar refractivity (Wildman–Crippen MR) is 119 cm³/mol. The molecule has 0 fully saturated rings. The number of sulfone groups is 1. The minimum absolute atomic E-state index is 0.210. The first-order valence-electron chi connectivity index (χ1n) is 8.89. The fraction of sp³-hybridized carbons (Fsp3) is 0.0952. The summed E-state index contributed by atoms with van der Waals surface area (Å²) in [5.74, 6) is -0.299. The van der Waals surface area contributed by atoms with Crippen LogP contribution < -0.4 is 4.90 Å². The number of carbonyl (C=O) groups excluding carboxylic acids is 1. The van der Waals surface area contributed by atoms with Crippen molar-refractivity contribution in [2.75, 3.05) is 11.2 Å². The lowest BCUT2D eigenvalue weighted by Crippen LogP contribution is -2.30. The molecule has 0 atom stereocenters. The van der Waals surface area contributed by atoms with Crippen LogP contribution in [-0.2, 0) is 16.4 Å². The Hall–Kier alpha value is -2.81. The Balaban J connectivity index is 1.81. The van der Waals surface area contributed by atoms with Gasteiger partial charge in [0.05, 0.1) is 32.2 Å². The van der Waals surface area contributed by atoms with Gasteiger partial charge >= 0.3 is 0 Å². The van der Waals surface area contributed by atoms with Crippen molar-refractivity contribution in [2.45, 2.75) is 11.4 Å². The fourth-order valence-electron chi connectivity index (χ4n) is 2.92. The summed E-state index contributed by atoms with van der Waals surface area (Å²) < 4.78 is 24.5. The molecule has 30 heavy (non-hydrogen) atoms. The Kier molecular flexibility index (Phi) is 5.55. The van der Waals surface area contributed by atoms with Crippen molar-refractivity contribution in [1.82, 2.24) is 9.97 Å². The highest BCUT2D eigenvalue weighted by molar-refractivity contribution is 7.90. The van der Waals surface area contributed by atoms with Gasteiger partial charge in [-0.1, -0.05) is 41.1 Å². The monoisotopic (exact) mass is 457 g/mol. The van der Waals surface area contributed by atoms with Gasteiger partial charge in [-0.25, -0.2) is 13.4 Å². The van der Waals surface area contributed by atoms with E-state index >= 15 is 0 Å². The molecule has 4 rings (SSSR count). The average molecular weight is 458 g/mol. The molecular formula is C21H16ClN3O3S2. The van der Waals surface area contributed by atoms with Crippen LogP contribution in [-0.4, -0.2) is 30.5 Å². The lowest BCUT2D eigenvalue weighted by Gasteiger charge is -2.20. The van der Waals surface area contributed by atoms with Gasteiger partial charge in [-0.3, -0.25) is 14.7 Å². The quantitative estimate of drug-likeness (QED) is 0.437. The number of aromatic nitrogens is 2. The van der Waals surface area contributed by atoms with Crippen LogP contribution in [0.3, 0.4) is 0 Å². The van der Waals surface area contributed by atoms with Crippen molar-refractivity contribution >= 4 is 54.0 Å². The highest BCUT2D eigenvalue weighted by Crippen LogP contribution is 2.33. The number of amides is 1. The average Bonchev–Trinajstić information content (AvgIpc) is 3.15. The zero-order chi connectivity index (χ0) is 21.3. The molecular weight excluding hydrogens is 442 g/mol. The number of hydrogen-bond donors (Lipinski definition) is 0. The summed E-state index contributed by atoms with van der Waals surface area (Å²) in [6, 6.07) is 15.2. The molecule has 6 nitrogen and oxygen atoms in total. The molecule has 0 saturated heterocycles. The Morgan fingerprint density at radius 1 is 1.13 bits per heavy atom. The number of anilines is 1. The van der Waals surface area contributed by atoms with Crippen LogP contribution in [0.2, 0.25) is 5.02 Å². The number of carbonyl (C=O) groups is 1. The maximum Gasteiger partial charge on any atom is 0.261 e. The Morgan fingerprint density at radius 3 is 2.63 bits per heavy atom. The largest absolute Gasteiger partial charge is 0.279 e. The molecule has 0 unspecified atom stereocenters. The lowest BCUT2D eigenvalue weighted by atomic mass is 10.2. The van der Waals surface area contributed by atoms with Crippen molar-refractivity contribution in [2.24, 2.45) is 0 Å². The minimum Gasteiger partial charge on any atom is -0.279 e. The molecule has 0 aliphatic rings. The van der Waals surface area contributed by atoms with E-state index in [0.29, 0.717) is 25.9 Å². The maximum absolute atomic E-state index is 13.4. The van der Waals surface area contributed by atoms with E-state index in [1.54, 1.807) is 54.9 Å². The van der Waals surface area contributed by atoms with E-state index in [1.165, 1.54) is 22.3 Å². The van der Waals surface area contributed by atoms with Crippen LogP contribution >= 0.6 is 22.9 Å². The molecule has 2 heterocycles. The first-order chi connectivity index (χ1) is 14.3. The van der Waals surface area contributed by atoms with Gasteiger partial charge in [-0.05, 0) is 42.0 Å². The van der Waals surface area contributed by atoms with E-state index in [0.717, 1.165) is 11.8 Å². The van der Waals surface area contributed by atoms with E-state index in [4.69, 9.17) is 11.6 Å². The van der Waals surface area contributed by atoms with Gasteiger partial charge in [0, 0.05) is 18.6 Å². The third-order valence-electron chi connectivity index (χ3n) is 4.42. The maximum atomic E-state index is 13.4. The zero-order valence-corrected chi connectivity index (χ0v) is 18.2. The summed E-state index contributed by atoms with van der Waals surface area (Å²) in [5, 5.41) is 0.795. The van der Waals surface area contributed by atoms with Crippen LogP contribution in [0.5, 0.6) is 0 Å². The smallest absolute Gasteiger partial charge is 0.261 e. The van der Waals surface area contributed by atoms with E-state index in [-0.39, 0.29) is 17.3 Å². The number of pyridine rings is 1. The van der Waals surface area contributed by atoms with Crippen molar-refractivity contribution in [3.8, 4) is 0 Å². The minimum atomic E-state index is -3.35. The van der Waals surface area contributed by atoms with Crippen LogP contribution in [0.4, 0.5) is 5.13 Å². The Morgan fingerprint density at radius 2 is 1.93 bits per heavy atom. The molecule has 0 bridgehead atoms. The second kappa shape index (κ2) is 8.14. The first-order valence-corrected chi connectivity index (χ1v) is 12.0. The van der Waals surface area contributed by atoms with Crippen molar-refractivity contribution in [3.63, 3.8) is 0 Å². The summed E-state index contributed by atoms with van der Waals surface area (Å²) in [7, 11) is -3.35. The molecule has 0 N–H and O–H groups in total. The van der Waals surface area contributed by atoms with Gasteiger partial charge in [0.15, 0.2) is 15.0 Å². The Labute approximate surface area is 182 Å². The van der Waals surface area contributed by atoms with Gasteiger partial charge in [-0.2, -0.15) is 0 Å².